The first-order valence-electron chi connectivity index (χ1n) is 6.03. The molecule has 0 atom stereocenters. The number of hydrogen-bond acceptors (Lipinski definition) is 3. The van der Waals surface area contributed by atoms with Crippen LogP contribution in [0.4, 0.5) is 0 Å². The summed E-state index contributed by atoms with van der Waals surface area (Å²) in [4.78, 5) is 8.89. The molecule has 0 aliphatic heterocycles. The summed E-state index contributed by atoms with van der Waals surface area (Å²) in [5.74, 6) is 6.34. The van der Waals surface area contributed by atoms with Crippen LogP contribution in [-0.4, -0.2) is 56.0 Å². The number of rotatable bonds is 4. The number of nitrogens with one attached hydrogen (secondary N) is 1. The van der Waals surface area contributed by atoms with E-state index in [1.54, 1.807) is 0 Å². The molecular weight excluding hydrogens is 202 g/mol. The average Bonchev–Trinajstić information content (AvgIpc) is 2.75. The summed E-state index contributed by atoms with van der Waals surface area (Å²) in [6.07, 6.45) is 5.00. The van der Waals surface area contributed by atoms with E-state index >= 15 is 0 Å². The van der Waals surface area contributed by atoms with E-state index in [-0.39, 0.29) is 0 Å². The van der Waals surface area contributed by atoms with Crippen molar-refractivity contribution in [1.82, 2.24) is 15.2 Å². The van der Waals surface area contributed by atoms with E-state index in [2.05, 4.69) is 34.3 Å². The Kier molecular flexibility index (Phi) is 5.55. The van der Waals surface area contributed by atoms with Crippen LogP contribution in [0.2, 0.25) is 0 Å². The van der Waals surface area contributed by atoms with Crippen molar-refractivity contribution >= 4 is 5.96 Å². The number of likely N-dealkylation sites (N-methyl/N-ethyl adjacent to an activating group) is 2. The molecule has 1 fully saturated rings. The Labute approximate surface area is 98.7 Å². The van der Waals surface area contributed by atoms with Gasteiger partial charge in [0.25, 0.3) is 0 Å². The summed E-state index contributed by atoms with van der Waals surface area (Å²) >= 11 is 0. The molecule has 0 radical (unpaired) electrons. The molecule has 5 nitrogen and oxygen atoms in total. The summed E-state index contributed by atoms with van der Waals surface area (Å²) in [6, 6.07) is 0.466. The number of guanidine groups is 1. The second-order valence-corrected chi connectivity index (χ2v) is 4.76. The van der Waals surface area contributed by atoms with Crippen LogP contribution in [0.5, 0.6) is 0 Å². The summed E-state index contributed by atoms with van der Waals surface area (Å²) in [5, 5.41) is 0. The van der Waals surface area contributed by atoms with Crippen molar-refractivity contribution in [2.75, 3.05) is 34.2 Å². The zero-order valence-corrected chi connectivity index (χ0v) is 10.7. The van der Waals surface area contributed by atoms with Crippen molar-refractivity contribution in [3.8, 4) is 0 Å². The highest BCUT2D eigenvalue weighted by Gasteiger charge is 2.15. The number of nitrogens with zero attached hydrogens (tertiary/aromatic N) is 3. The fourth-order valence-electron chi connectivity index (χ4n) is 1.91. The molecule has 0 bridgehead atoms. The lowest BCUT2D eigenvalue weighted by Gasteiger charge is -2.23. The van der Waals surface area contributed by atoms with Crippen LogP contribution >= 0.6 is 0 Å². The molecule has 1 saturated carbocycles. The number of nitrogens with two attached hydrogens (primary N) is 1. The first kappa shape index (κ1) is 13.3. The summed E-state index contributed by atoms with van der Waals surface area (Å²) < 4.78 is 0. The van der Waals surface area contributed by atoms with Gasteiger partial charge in [0.1, 0.15) is 0 Å². The normalized spacial score (nSPS) is 18.2. The van der Waals surface area contributed by atoms with Crippen molar-refractivity contribution in [1.29, 1.82) is 0 Å². The van der Waals surface area contributed by atoms with Crippen LogP contribution in [0.1, 0.15) is 25.7 Å². The van der Waals surface area contributed by atoms with E-state index in [1.807, 2.05) is 7.05 Å². The van der Waals surface area contributed by atoms with Crippen LogP contribution in [0.15, 0.2) is 4.99 Å². The Morgan fingerprint density at radius 3 is 2.38 bits per heavy atom. The Morgan fingerprint density at radius 1 is 1.25 bits per heavy atom. The first-order chi connectivity index (χ1) is 7.63. The SMILES string of the molecule is CN(C)CCN(C)C(=NC1CCCC1)NN. The zero-order chi connectivity index (χ0) is 12.0. The first-order valence-corrected chi connectivity index (χ1v) is 6.03. The van der Waals surface area contributed by atoms with Crippen molar-refractivity contribution in [3.05, 3.63) is 0 Å². The van der Waals surface area contributed by atoms with E-state index in [0.29, 0.717) is 6.04 Å². The monoisotopic (exact) mass is 227 g/mol. The molecule has 0 saturated heterocycles. The van der Waals surface area contributed by atoms with Crippen molar-refractivity contribution in [3.63, 3.8) is 0 Å². The Balaban J connectivity index is 2.44. The Hall–Kier alpha value is -0.810. The van der Waals surface area contributed by atoms with Gasteiger partial charge in [-0.25, -0.2) is 10.8 Å². The predicted molar refractivity (Wildman–Crippen MR) is 68.2 cm³/mol. The highest BCUT2D eigenvalue weighted by molar-refractivity contribution is 5.79. The zero-order valence-electron chi connectivity index (χ0n) is 10.7. The topological polar surface area (TPSA) is 56.9 Å². The largest absolute Gasteiger partial charge is 0.344 e. The molecule has 1 aliphatic rings. The minimum atomic E-state index is 0.466. The summed E-state index contributed by atoms with van der Waals surface area (Å²) in [6.45, 7) is 1.94. The van der Waals surface area contributed by atoms with Crippen LogP contribution in [0.3, 0.4) is 0 Å². The highest BCUT2D eigenvalue weighted by Crippen LogP contribution is 2.20. The van der Waals surface area contributed by atoms with Gasteiger partial charge in [0.2, 0.25) is 5.96 Å². The minimum Gasteiger partial charge on any atom is -0.344 e. The molecule has 16 heavy (non-hydrogen) atoms. The van der Waals surface area contributed by atoms with Crippen molar-refractivity contribution in [2.24, 2.45) is 10.8 Å². The summed E-state index contributed by atoms with van der Waals surface area (Å²) in [5.41, 5.74) is 2.71. The lowest BCUT2D eigenvalue weighted by molar-refractivity contribution is 0.351. The van der Waals surface area contributed by atoms with Crippen LogP contribution in [-0.2, 0) is 0 Å². The van der Waals surface area contributed by atoms with Crippen LogP contribution < -0.4 is 11.3 Å². The minimum absolute atomic E-state index is 0.466. The van der Waals surface area contributed by atoms with E-state index in [1.165, 1.54) is 25.7 Å². The molecule has 0 aromatic carbocycles. The van der Waals surface area contributed by atoms with Gasteiger partial charge in [-0.15, -0.1) is 0 Å². The number of hydrogen-bond donors (Lipinski definition) is 2. The molecule has 0 aromatic heterocycles. The van der Waals surface area contributed by atoms with Crippen LogP contribution in [0, 0.1) is 0 Å². The third-order valence-corrected chi connectivity index (χ3v) is 3.00. The third-order valence-electron chi connectivity index (χ3n) is 3.00. The van der Waals surface area contributed by atoms with Crippen LogP contribution in [0.25, 0.3) is 0 Å². The van der Waals surface area contributed by atoms with E-state index in [4.69, 9.17) is 5.84 Å². The highest BCUT2D eigenvalue weighted by atomic mass is 15.4. The van der Waals surface area contributed by atoms with Gasteiger partial charge in [0.05, 0.1) is 6.04 Å². The predicted octanol–water partition coefficient (Wildman–Crippen LogP) is 0.242. The molecule has 1 rings (SSSR count). The number of aliphatic imine (C=N–C) groups is 1. The molecule has 1 aliphatic carbocycles. The van der Waals surface area contributed by atoms with E-state index < -0.39 is 0 Å². The van der Waals surface area contributed by atoms with E-state index in [9.17, 15) is 0 Å². The number of hydrazine groups is 1. The lowest BCUT2D eigenvalue weighted by Crippen LogP contribution is -2.45. The van der Waals surface area contributed by atoms with Crippen molar-refractivity contribution < 1.29 is 0 Å². The molecule has 0 heterocycles. The van der Waals surface area contributed by atoms with Gasteiger partial charge in [-0.2, -0.15) is 0 Å². The standard InChI is InChI=1S/C11H25N5/c1-15(2)8-9-16(3)11(14-12)13-10-6-4-5-7-10/h10H,4-9,12H2,1-3H3,(H,13,14). The van der Waals surface area contributed by atoms with E-state index in [0.717, 1.165) is 19.0 Å². The van der Waals surface area contributed by atoms with Gasteiger partial charge in [0.15, 0.2) is 0 Å². The van der Waals surface area contributed by atoms with Gasteiger partial charge >= 0.3 is 0 Å². The molecule has 5 heteroatoms. The van der Waals surface area contributed by atoms with Crippen molar-refractivity contribution in [2.45, 2.75) is 31.7 Å². The lowest BCUT2D eigenvalue weighted by atomic mass is 10.3. The van der Waals surface area contributed by atoms with Gasteiger partial charge in [-0.1, -0.05) is 12.8 Å². The second-order valence-electron chi connectivity index (χ2n) is 4.76. The average molecular weight is 227 g/mol. The molecule has 0 unspecified atom stereocenters. The quantitative estimate of drug-likeness (QED) is 0.313. The molecule has 0 aromatic rings. The van der Waals surface area contributed by atoms with Gasteiger partial charge in [-0.3, -0.25) is 5.43 Å². The molecule has 3 N–H and O–H groups in total. The second kappa shape index (κ2) is 6.70. The Morgan fingerprint density at radius 2 is 1.88 bits per heavy atom. The maximum atomic E-state index is 5.52. The van der Waals surface area contributed by atoms with Gasteiger partial charge in [0, 0.05) is 20.1 Å². The fraction of sp³-hybridized carbons (Fsp3) is 0.909. The van der Waals surface area contributed by atoms with Gasteiger partial charge in [-0.05, 0) is 26.9 Å². The molecular formula is C11H25N5. The van der Waals surface area contributed by atoms with Gasteiger partial charge < -0.3 is 9.80 Å². The molecule has 0 spiro atoms. The molecule has 0 amide bonds. The maximum Gasteiger partial charge on any atom is 0.208 e. The Bertz CT molecular complexity index is 220. The third kappa shape index (κ3) is 4.37. The fourth-order valence-corrected chi connectivity index (χ4v) is 1.91. The summed E-state index contributed by atoms with van der Waals surface area (Å²) in [7, 11) is 6.16. The maximum absolute atomic E-state index is 5.52. The molecule has 94 valence electrons. The smallest absolute Gasteiger partial charge is 0.208 e.